The fourth-order valence-corrected chi connectivity index (χ4v) is 4.60. The SMILES string of the molecule is COc1cccc([C@@H](C(=O)Nc2ccc(F)cc2)N(C(=O)c2cnccn2)c2ccc3c(c2)CCC3)c1. The van der Waals surface area contributed by atoms with Crippen LogP contribution in [0.2, 0.25) is 0 Å². The van der Waals surface area contributed by atoms with Crippen LogP contribution in [0.5, 0.6) is 5.75 Å². The second-order valence-electron chi connectivity index (χ2n) is 8.75. The lowest BCUT2D eigenvalue weighted by Crippen LogP contribution is -2.42. The number of fused-ring (bicyclic) bond motifs is 1. The van der Waals surface area contributed by atoms with Crippen molar-refractivity contribution in [2.45, 2.75) is 25.3 Å². The first kappa shape index (κ1) is 24.1. The molecule has 0 saturated heterocycles. The molecule has 4 aromatic rings. The molecule has 3 aromatic carbocycles. The third-order valence-electron chi connectivity index (χ3n) is 6.39. The van der Waals surface area contributed by atoms with E-state index in [0.717, 1.165) is 24.8 Å². The van der Waals surface area contributed by atoms with Crippen LogP contribution in [0.4, 0.5) is 15.8 Å². The highest BCUT2D eigenvalue weighted by molar-refractivity contribution is 6.11. The second-order valence-corrected chi connectivity index (χ2v) is 8.75. The van der Waals surface area contributed by atoms with E-state index in [2.05, 4.69) is 15.3 Å². The maximum Gasteiger partial charge on any atom is 0.279 e. The van der Waals surface area contributed by atoms with Crippen LogP contribution >= 0.6 is 0 Å². The van der Waals surface area contributed by atoms with Gasteiger partial charge in [0.1, 0.15) is 23.3 Å². The fourth-order valence-electron chi connectivity index (χ4n) is 4.60. The molecule has 0 unspecified atom stereocenters. The van der Waals surface area contributed by atoms with Crippen LogP contribution in [-0.4, -0.2) is 28.9 Å². The third-order valence-corrected chi connectivity index (χ3v) is 6.39. The van der Waals surface area contributed by atoms with E-state index in [9.17, 15) is 14.0 Å². The Morgan fingerprint density at radius 1 is 1.00 bits per heavy atom. The zero-order chi connectivity index (χ0) is 25.8. The first-order chi connectivity index (χ1) is 18.0. The Hall–Kier alpha value is -4.59. The molecule has 8 heteroatoms. The number of nitrogens with zero attached hydrogens (tertiary/aromatic N) is 3. The third kappa shape index (κ3) is 5.18. The Morgan fingerprint density at radius 3 is 2.57 bits per heavy atom. The molecular weight excluding hydrogens is 471 g/mol. The number of amides is 2. The number of aryl methyl sites for hydroxylation is 2. The van der Waals surface area contributed by atoms with E-state index in [0.29, 0.717) is 22.7 Å². The van der Waals surface area contributed by atoms with E-state index >= 15 is 0 Å². The van der Waals surface area contributed by atoms with Gasteiger partial charge in [-0.05, 0) is 84.5 Å². The first-order valence-corrected chi connectivity index (χ1v) is 12.0. The van der Waals surface area contributed by atoms with Gasteiger partial charge < -0.3 is 10.1 Å². The summed E-state index contributed by atoms with van der Waals surface area (Å²) in [6, 6.07) is 17.2. The average Bonchev–Trinajstić information content (AvgIpc) is 3.41. The Balaban J connectivity index is 1.65. The summed E-state index contributed by atoms with van der Waals surface area (Å²) in [6.45, 7) is 0. The molecule has 7 nitrogen and oxygen atoms in total. The standard InChI is InChI=1S/C29H25FN4O3/c1-37-25-7-3-6-21(17-25)27(28(35)33-23-11-9-22(30)10-12-23)34(29(36)26-18-31-14-15-32-26)24-13-8-19-4-2-5-20(19)16-24/h3,6-18,27H,2,4-5H2,1H3,(H,33,35)/t27-/m0/s1. The van der Waals surface area contributed by atoms with Crippen LogP contribution in [0.25, 0.3) is 0 Å². The van der Waals surface area contributed by atoms with Crippen molar-refractivity contribution in [1.82, 2.24) is 9.97 Å². The number of benzene rings is 3. The van der Waals surface area contributed by atoms with Crippen LogP contribution in [0.3, 0.4) is 0 Å². The van der Waals surface area contributed by atoms with Crippen molar-refractivity contribution in [2.75, 3.05) is 17.3 Å². The fraction of sp³-hybridized carbons (Fsp3) is 0.172. The van der Waals surface area contributed by atoms with Gasteiger partial charge in [-0.1, -0.05) is 18.2 Å². The molecule has 1 aliphatic carbocycles. The molecule has 0 saturated carbocycles. The molecule has 0 bridgehead atoms. The average molecular weight is 497 g/mol. The van der Waals surface area contributed by atoms with E-state index in [-0.39, 0.29) is 5.69 Å². The molecule has 186 valence electrons. The maximum absolute atomic E-state index is 14.0. The molecular formula is C29H25FN4O3. The van der Waals surface area contributed by atoms with Gasteiger partial charge in [0.2, 0.25) is 0 Å². The summed E-state index contributed by atoms with van der Waals surface area (Å²) in [4.78, 5) is 37.6. The topological polar surface area (TPSA) is 84.4 Å². The highest BCUT2D eigenvalue weighted by atomic mass is 19.1. The normalized spacial score (nSPS) is 12.9. The molecule has 0 spiro atoms. The molecule has 0 radical (unpaired) electrons. The number of nitrogens with one attached hydrogen (secondary N) is 1. The second kappa shape index (κ2) is 10.6. The van der Waals surface area contributed by atoms with Gasteiger partial charge in [-0.25, -0.2) is 9.37 Å². The van der Waals surface area contributed by atoms with Crippen LogP contribution in [0.15, 0.2) is 85.3 Å². The molecule has 1 aliphatic rings. The van der Waals surface area contributed by atoms with Gasteiger partial charge in [-0.15, -0.1) is 0 Å². The number of hydrogen-bond acceptors (Lipinski definition) is 5. The van der Waals surface area contributed by atoms with Crippen molar-refractivity contribution in [3.8, 4) is 5.75 Å². The summed E-state index contributed by atoms with van der Waals surface area (Å²) in [5, 5.41) is 2.84. The smallest absolute Gasteiger partial charge is 0.279 e. The highest BCUT2D eigenvalue weighted by Crippen LogP contribution is 2.35. The van der Waals surface area contributed by atoms with Crippen molar-refractivity contribution in [3.63, 3.8) is 0 Å². The molecule has 2 amide bonds. The Bertz CT molecular complexity index is 1430. The van der Waals surface area contributed by atoms with Crippen LogP contribution in [-0.2, 0) is 17.6 Å². The monoisotopic (exact) mass is 496 g/mol. The summed E-state index contributed by atoms with van der Waals surface area (Å²) in [5.74, 6) is -0.830. The van der Waals surface area contributed by atoms with Gasteiger partial charge in [0.15, 0.2) is 0 Å². The summed E-state index contributed by atoms with van der Waals surface area (Å²) in [6.07, 6.45) is 7.23. The van der Waals surface area contributed by atoms with Gasteiger partial charge in [0.05, 0.1) is 13.3 Å². The van der Waals surface area contributed by atoms with Crippen molar-refractivity contribution in [1.29, 1.82) is 0 Å². The van der Waals surface area contributed by atoms with Gasteiger partial charge in [-0.3, -0.25) is 19.5 Å². The molecule has 1 aromatic heterocycles. The minimum absolute atomic E-state index is 0.102. The summed E-state index contributed by atoms with van der Waals surface area (Å²) < 4.78 is 18.9. The van der Waals surface area contributed by atoms with Crippen LogP contribution < -0.4 is 15.0 Å². The number of aromatic nitrogens is 2. The number of carbonyl (C=O) groups excluding carboxylic acids is 2. The summed E-state index contributed by atoms with van der Waals surface area (Å²) in [5.41, 5.74) is 4.00. The summed E-state index contributed by atoms with van der Waals surface area (Å²) >= 11 is 0. The van der Waals surface area contributed by atoms with E-state index in [1.807, 2.05) is 18.2 Å². The lowest BCUT2D eigenvalue weighted by atomic mass is 10.0. The number of anilines is 2. The molecule has 5 rings (SSSR count). The van der Waals surface area contributed by atoms with Gasteiger partial charge >= 0.3 is 0 Å². The van der Waals surface area contributed by atoms with E-state index in [1.165, 1.54) is 60.4 Å². The lowest BCUT2D eigenvalue weighted by Gasteiger charge is -2.31. The summed E-state index contributed by atoms with van der Waals surface area (Å²) in [7, 11) is 1.54. The zero-order valence-electron chi connectivity index (χ0n) is 20.2. The van der Waals surface area contributed by atoms with E-state index in [4.69, 9.17) is 4.74 Å². The van der Waals surface area contributed by atoms with Gasteiger partial charge in [0, 0.05) is 23.8 Å². The number of ether oxygens (including phenoxy) is 1. The number of halogens is 1. The number of methoxy groups -OCH3 is 1. The minimum atomic E-state index is -1.09. The number of carbonyl (C=O) groups is 2. The first-order valence-electron chi connectivity index (χ1n) is 12.0. The Morgan fingerprint density at radius 2 is 1.81 bits per heavy atom. The minimum Gasteiger partial charge on any atom is -0.497 e. The van der Waals surface area contributed by atoms with Crippen molar-refractivity contribution in [3.05, 3.63) is 114 Å². The molecule has 0 fully saturated rings. The molecule has 1 heterocycles. The highest BCUT2D eigenvalue weighted by Gasteiger charge is 2.35. The van der Waals surface area contributed by atoms with E-state index in [1.54, 1.807) is 24.3 Å². The predicted octanol–water partition coefficient (Wildman–Crippen LogP) is 5.14. The quantitative estimate of drug-likeness (QED) is 0.383. The lowest BCUT2D eigenvalue weighted by molar-refractivity contribution is -0.117. The Kier molecular flexibility index (Phi) is 6.89. The zero-order valence-corrected chi connectivity index (χ0v) is 20.2. The van der Waals surface area contributed by atoms with Crippen molar-refractivity contribution in [2.24, 2.45) is 0 Å². The van der Waals surface area contributed by atoms with Crippen molar-refractivity contribution >= 4 is 23.2 Å². The van der Waals surface area contributed by atoms with E-state index < -0.39 is 23.7 Å². The van der Waals surface area contributed by atoms with Gasteiger partial charge in [-0.2, -0.15) is 0 Å². The molecule has 37 heavy (non-hydrogen) atoms. The number of rotatable bonds is 7. The maximum atomic E-state index is 14.0. The van der Waals surface area contributed by atoms with Crippen molar-refractivity contribution < 1.29 is 18.7 Å². The molecule has 0 aliphatic heterocycles. The molecule has 1 atom stereocenters. The predicted molar refractivity (Wildman–Crippen MR) is 138 cm³/mol. The van der Waals surface area contributed by atoms with Crippen LogP contribution in [0, 0.1) is 5.82 Å². The Labute approximate surface area is 214 Å². The van der Waals surface area contributed by atoms with Gasteiger partial charge in [0.25, 0.3) is 11.8 Å². The van der Waals surface area contributed by atoms with Crippen LogP contribution in [0.1, 0.15) is 39.6 Å². The largest absolute Gasteiger partial charge is 0.497 e. The number of hydrogen-bond donors (Lipinski definition) is 1. The molecule has 1 N–H and O–H groups in total.